The molecule has 2 atom stereocenters. The van der Waals surface area contributed by atoms with Crippen molar-refractivity contribution in [3.05, 3.63) is 40.4 Å². The van der Waals surface area contributed by atoms with E-state index in [1.807, 2.05) is 6.79 Å². The van der Waals surface area contributed by atoms with Crippen molar-refractivity contribution in [1.82, 2.24) is 20.2 Å². The maximum absolute atomic E-state index is 12.1. The molecule has 2 aromatic heterocycles. The van der Waals surface area contributed by atoms with Crippen LogP contribution in [0.5, 0.6) is 0 Å². The number of aromatic nitrogens is 2. The predicted molar refractivity (Wildman–Crippen MR) is 169 cm³/mol. The van der Waals surface area contributed by atoms with Gasteiger partial charge in [0.15, 0.2) is 0 Å². The summed E-state index contributed by atoms with van der Waals surface area (Å²) >= 11 is 0. The second kappa shape index (κ2) is 18.8. The van der Waals surface area contributed by atoms with Gasteiger partial charge < -0.3 is 20.0 Å². The minimum absolute atomic E-state index is 0.108. The number of sulfonamides is 1. The molecule has 11 nitrogen and oxygen atoms in total. The van der Waals surface area contributed by atoms with Crippen molar-refractivity contribution in [2.24, 2.45) is 21.9 Å². The van der Waals surface area contributed by atoms with Gasteiger partial charge in [0.1, 0.15) is 6.79 Å². The summed E-state index contributed by atoms with van der Waals surface area (Å²) in [6.45, 7) is 17.1. The van der Waals surface area contributed by atoms with Gasteiger partial charge in [0.2, 0.25) is 15.9 Å². The number of nitrogens with one attached hydrogen (secondary N) is 2. The molecule has 0 bridgehead atoms. The first-order valence-electron chi connectivity index (χ1n) is 13.2. The molecule has 42 heavy (non-hydrogen) atoms. The van der Waals surface area contributed by atoms with E-state index in [1.165, 1.54) is 6.42 Å². The largest absolute Gasteiger partial charge is 0.342 e. The van der Waals surface area contributed by atoms with E-state index >= 15 is 0 Å². The Morgan fingerprint density at radius 2 is 1.83 bits per heavy atom. The number of fused-ring (bicyclic) bond motifs is 1. The Morgan fingerprint density at radius 3 is 2.26 bits per heavy atom. The van der Waals surface area contributed by atoms with Crippen LogP contribution in [-0.2, 0) is 26.0 Å². The highest BCUT2D eigenvalue weighted by Crippen LogP contribution is 2.34. The highest BCUT2D eigenvalue weighted by molar-refractivity contribution is 7.88. The lowest BCUT2D eigenvalue weighted by Gasteiger charge is -2.28. The van der Waals surface area contributed by atoms with Gasteiger partial charge in [0.25, 0.3) is 5.56 Å². The van der Waals surface area contributed by atoms with E-state index in [0.717, 1.165) is 30.2 Å². The van der Waals surface area contributed by atoms with Gasteiger partial charge in [-0.2, -0.15) is 5.26 Å². The molecular weight excluding hydrogens is 556 g/mol. The van der Waals surface area contributed by atoms with Crippen LogP contribution in [0.3, 0.4) is 0 Å². The normalized spacial score (nSPS) is 15.1. The number of carbonyl (C=O) groups excluding carboxylic acids is 2. The van der Waals surface area contributed by atoms with Gasteiger partial charge in [-0.3, -0.25) is 14.6 Å². The standard InChI is InChI=1S/C14H27NO.C12H12N4O.C2H2.CH5NO2S.CH2O/c1-13(2,3)9-12(16)15-8-7-11(10-15)14(4,5)6;1-14-10(6-13)5-8-4-9-7-15-3-2-11(9)16-12(8)17;1-2;1-5(2,3)4;1-2/h11H,7-10H2,1-6H3;2-4,7,10,14H,5H2,1H3,(H,16,17);1-2H;1H3,(H2,2,3,4);1H2/t11-;;;;/m1..../s1. The summed E-state index contributed by atoms with van der Waals surface area (Å²) in [5.41, 5.74) is 1.63. The number of nitrogens with zero attached hydrogens (tertiary/aromatic N) is 3. The predicted octanol–water partition coefficient (Wildman–Crippen LogP) is 2.86. The number of nitriles is 1. The monoisotopic (exact) mass is 604 g/mol. The first-order valence-corrected chi connectivity index (χ1v) is 15.2. The van der Waals surface area contributed by atoms with Crippen LogP contribution in [0.25, 0.3) is 10.9 Å². The van der Waals surface area contributed by atoms with Gasteiger partial charge in [-0.25, -0.2) is 13.6 Å². The quantitative estimate of drug-likeness (QED) is 0.446. The van der Waals surface area contributed by atoms with E-state index in [9.17, 15) is 18.0 Å². The molecule has 0 saturated carbocycles. The number of likely N-dealkylation sites (tertiary alicyclic amines) is 1. The molecule has 2 aromatic rings. The SMILES string of the molecule is C#C.C=O.CC(C)(C)CC(=O)N1CC[C@@H](C(C)(C)C)C1.CNC(C#N)Cc1cc2cnccc2[nH]c1=O.CS(N)(=O)=O. The fourth-order valence-corrected chi connectivity index (χ4v) is 3.93. The molecule has 0 aliphatic carbocycles. The number of likely N-dealkylation sites (N-methyl/N-ethyl adjacent to an activating group) is 1. The molecular formula is C30H48N6O5S. The fourth-order valence-electron chi connectivity index (χ4n) is 3.93. The number of aromatic amines is 1. The highest BCUT2D eigenvalue weighted by atomic mass is 32.2. The van der Waals surface area contributed by atoms with Crippen molar-refractivity contribution in [2.75, 3.05) is 26.4 Å². The molecule has 1 saturated heterocycles. The number of terminal acetylenes is 1. The van der Waals surface area contributed by atoms with Crippen molar-refractivity contribution >= 4 is 33.6 Å². The van der Waals surface area contributed by atoms with Gasteiger partial charge in [-0.15, -0.1) is 12.8 Å². The van der Waals surface area contributed by atoms with Gasteiger partial charge >= 0.3 is 0 Å². The third kappa shape index (κ3) is 17.3. The number of rotatable bonds is 4. The summed E-state index contributed by atoms with van der Waals surface area (Å²) in [6, 6.07) is 5.27. The number of carbonyl (C=O) groups is 2. The Bertz CT molecular complexity index is 1330. The summed E-state index contributed by atoms with van der Waals surface area (Å²) < 4.78 is 18.8. The Hall–Kier alpha value is -3.58. The molecule has 234 valence electrons. The first kappa shape index (κ1) is 40.6. The lowest BCUT2D eigenvalue weighted by Crippen LogP contribution is -2.33. The number of pyridine rings is 2. The summed E-state index contributed by atoms with van der Waals surface area (Å²) in [5, 5.41) is 16.9. The van der Waals surface area contributed by atoms with Crippen molar-refractivity contribution in [2.45, 2.75) is 66.8 Å². The van der Waals surface area contributed by atoms with Crippen LogP contribution in [0.2, 0.25) is 0 Å². The summed E-state index contributed by atoms with van der Waals surface area (Å²) in [6.07, 6.45) is 14.5. The number of hydrogen-bond acceptors (Lipinski definition) is 8. The molecule has 1 unspecified atom stereocenters. The van der Waals surface area contributed by atoms with E-state index in [-0.39, 0.29) is 17.0 Å². The first-order chi connectivity index (χ1) is 19.3. The smallest absolute Gasteiger partial charge is 0.251 e. The van der Waals surface area contributed by atoms with Crippen molar-refractivity contribution in [3.63, 3.8) is 0 Å². The zero-order valence-electron chi connectivity index (χ0n) is 26.2. The van der Waals surface area contributed by atoms with Crippen LogP contribution in [-0.4, -0.2) is 68.4 Å². The van der Waals surface area contributed by atoms with Crippen molar-refractivity contribution < 1.29 is 18.0 Å². The van der Waals surface area contributed by atoms with Gasteiger partial charge in [-0.05, 0) is 42.3 Å². The maximum Gasteiger partial charge on any atom is 0.251 e. The number of nitrogens with two attached hydrogens (primary N) is 1. The average molecular weight is 605 g/mol. The Kier molecular flexibility index (Phi) is 18.1. The number of H-pyrrole nitrogens is 1. The number of hydrogen-bond donors (Lipinski definition) is 3. The fraction of sp³-hybridized carbons (Fsp3) is 0.567. The van der Waals surface area contributed by atoms with Gasteiger partial charge in [-0.1, -0.05) is 41.5 Å². The van der Waals surface area contributed by atoms with Crippen LogP contribution >= 0.6 is 0 Å². The Morgan fingerprint density at radius 1 is 1.29 bits per heavy atom. The molecule has 1 aliphatic heterocycles. The molecule has 4 N–H and O–H groups in total. The Balaban J connectivity index is 0. The second-order valence-electron chi connectivity index (χ2n) is 12.0. The van der Waals surface area contributed by atoms with Crippen molar-refractivity contribution in [3.8, 4) is 18.9 Å². The second-order valence-corrected chi connectivity index (χ2v) is 13.7. The van der Waals surface area contributed by atoms with Crippen molar-refractivity contribution in [1.29, 1.82) is 5.26 Å². The van der Waals surface area contributed by atoms with Crippen LogP contribution in [0.4, 0.5) is 0 Å². The molecule has 1 aliphatic rings. The van der Waals surface area contributed by atoms with E-state index in [2.05, 4.69) is 85.8 Å². The highest BCUT2D eigenvalue weighted by Gasteiger charge is 2.34. The van der Waals surface area contributed by atoms with Crippen LogP contribution < -0.4 is 16.0 Å². The summed E-state index contributed by atoms with van der Waals surface area (Å²) in [7, 11) is -1.47. The molecule has 0 aromatic carbocycles. The van der Waals surface area contributed by atoms with Crippen LogP contribution in [0.1, 0.15) is 59.9 Å². The molecule has 3 heterocycles. The van der Waals surface area contributed by atoms with E-state index in [1.54, 1.807) is 31.6 Å². The third-order valence-electron chi connectivity index (χ3n) is 6.10. The summed E-state index contributed by atoms with van der Waals surface area (Å²) in [4.78, 5) is 40.7. The Labute approximate surface area is 251 Å². The number of primary sulfonamides is 1. The molecule has 1 amide bonds. The lowest BCUT2D eigenvalue weighted by atomic mass is 9.80. The zero-order valence-corrected chi connectivity index (χ0v) is 27.0. The van der Waals surface area contributed by atoms with Crippen LogP contribution in [0, 0.1) is 40.9 Å². The minimum atomic E-state index is -3.17. The van der Waals surface area contributed by atoms with Crippen LogP contribution in [0.15, 0.2) is 29.3 Å². The average Bonchev–Trinajstić information content (AvgIpc) is 3.40. The third-order valence-corrected chi connectivity index (χ3v) is 6.10. The van der Waals surface area contributed by atoms with Gasteiger partial charge in [0.05, 0.1) is 23.9 Å². The minimum Gasteiger partial charge on any atom is -0.342 e. The molecule has 3 rings (SSSR count). The molecule has 1 fully saturated rings. The van der Waals surface area contributed by atoms with Gasteiger partial charge in [0, 0.05) is 49.3 Å². The summed E-state index contributed by atoms with van der Waals surface area (Å²) in [5.74, 6) is 0.996. The molecule has 12 heteroatoms. The van der Waals surface area contributed by atoms with E-state index < -0.39 is 10.0 Å². The lowest BCUT2D eigenvalue weighted by molar-refractivity contribution is -0.132. The van der Waals surface area contributed by atoms with E-state index in [0.29, 0.717) is 35.6 Å². The zero-order chi connectivity index (χ0) is 33.3. The topological polar surface area (TPSA) is 179 Å². The van der Waals surface area contributed by atoms with E-state index in [4.69, 9.17) is 10.1 Å². The molecule has 0 radical (unpaired) electrons. The molecule has 0 spiro atoms. The number of amides is 1. The maximum atomic E-state index is 12.1.